The van der Waals surface area contributed by atoms with Gasteiger partial charge in [0.1, 0.15) is 11.5 Å². The Hall–Kier alpha value is -3.02. The lowest BCUT2D eigenvalue weighted by Gasteiger charge is -2.20. The van der Waals surface area contributed by atoms with Gasteiger partial charge in [-0.3, -0.25) is 4.79 Å². The molecule has 1 aromatic carbocycles. The third kappa shape index (κ3) is 3.10. The van der Waals surface area contributed by atoms with E-state index in [0.29, 0.717) is 25.6 Å². The molecule has 0 N–H and O–H groups in total. The van der Waals surface area contributed by atoms with Crippen LogP contribution in [-0.2, 0) is 17.9 Å². The lowest BCUT2D eigenvalue weighted by Crippen LogP contribution is -2.37. The van der Waals surface area contributed by atoms with Gasteiger partial charge < -0.3 is 18.8 Å². The van der Waals surface area contributed by atoms with Crippen molar-refractivity contribution >= 4 is 16.8 Å². The first-order valence-corrected chi connectivity index (χ1v) is 8.68. The van der Waals surface area contributed by atoms with Crippen molar-refractivity contribution in [3.05, 3.63) is 54.0 Å². The fraction of sp³-hybridized carbons (Fsp3) is 0.300. The summed E-state index contributed by atoms with van der Waals surface area (Å²) in [6, 6.07) is 11.4. The summed E-state index contributed by atoms with van der Waals surface area (Å²) in [6.45, 7) is 5.12. The minimum atomic E-state index is -0.598. The number of furan rings is 1. The summed E-state index contributed by atoms with van der Waals surface area (Å²) in [4.78, 5) is 19.0. The number of rotatable bonds is 4. The van der Waals surface area contributed by atoms with Crippen LogP contribution in [0.2, 0.25) is 0 Å². The zero-order valence-electron chi connectivity index (χ0n) is 14.8. The van der Waals surface area contributed by atoms with Gasteiger partial charge in [0.2, 0.25) is 5.88 Å². The Morgan fingerprint density at radius 2 is 2.19 bits per heavy atom. The molecule has 3 aromatic rings. The highest BCUT2D eigenvalue weighted by atomic mass is 16.5. The summed E-state index contributed by atoms with van der Waals surface area (Å²) in [6.07, 6.45) is 1.01. The topological polar surface area (TPSA) is 64.8 Å². The molecule has 0 saturated carbocycles. The number of amides is 1. The first-order valence-electron chi connectivity index (χ1n) is 8.68. The van der Waals surface area contributed by atoms with E-state index in [1.165, 1.54) is 0 Å². The van der Waals surface area contributed by atoms with Crippen molar-refractivity contribution in [1.29, 1.82) is 0 Å². The zero-order valence-corrected chi connectivity index (χ0v) is 14.8. The van der Waals surface area contributed by atoms with Crippen molar-refractivity contribution in [3.8, 4) is 11.6 Å². The smallest absolute Gasteiger partial charge is 0.264 e. The van der Waals surface area contributed by atoms with Crippen LogP contribution < -0.4 is 9.47 Å². The summed E-state index contributed by atoms with van der Waals surface area (Å²) in [5.41, 5.74) is 1.68. The average molecular weight is 352 g/mol. The molecule has 26 heavy (non-hydrogen) atoms. The van der Waals surface area contributed by atoms with E-state index in [1.807, 2.05) is 43.3 Å². The number of aromatic nitrogens is 1. The molecule has 4 rings (SSSR count). The van der Waals surface area contributed by atoms with Crippen LogP contribution >= 0.6 is 0 Å². The lowest BCUT2D eigenvalue weighted by molar-refractivity contribution is -0.138. The van der Waals surface area contributed by atoms with Crippen LogP contribution in [0, 0.1) is 0 Å². The van der Waals surface area contributed by atoms with E-state index in [0.717, 1.165) is 28.0 Å². The van der Waals surface area contributed by atoms with Gasteiger partial charge in [0.15, 0.2) is 6.10 Å². The number of ether oxygens (including phenoxy) is 2. The number of hydrogen-bond donors (Lipinski definition) is 0. The maximum absolute atomic E-state index is 12.7. The minimum absolute atomic E-state index is 0.0848. The molecule has 0 radical (unpaired) electrons. The normalized spacial score (nSPS) is 16.9. The molecule has 1 aliphatic heterocycles. The number of hydrogen-bond acceptors (Lipinski definition) is 5. The number of carbonyl (C=O) groups is 1. The Labute approximate surface area is 151 Å². The fourth-order valence-corrected chi connectivity index (χ4v) is 3.14. The van der Waals surface area contributed by atoms with E-state index >= 15 is 0 Å². The van der Waals surface area contributed by atoms with Crippen molar-refractivity contribution in [3.63, 3.8) is 0 Å². The number of benzene rings is 1. The Morgan fingerprint density at radius 3 is 2.96 bits per heavy atom. The van der Waals surface area contributed by atoms with E-state index in [2.05, 4.69) is 4.98 Å². The van der Waals surface area contributed by atoms with Crippen LogP contribution in [0.4, 0.5) is 0 Å². The number of fused-ring (bicyclic) bond motifs is 2. The third-order valence-electron chi connectivity index (χ3n) is 4.37. The fourth-order valence-electron chi connectivity index (χ4n) is 3.14. The molecule has 1 aliphatic rings. The van der Waals surface area contributed by atoms with E-state index in [4.69, 9.17) is 13.9 Å². The van der Waals surface area contributed by atoms with Crippen LogP contribution in [0.15, 0.2) is 47.1 Å². The number of pyridine rings is 1. The molecule has 0 unspecified atom stereocenters. The maximum Gasteiger partial charge on any atom is 0.264 e. The highest BCUT2D eigenvalue weighted by Gasteiger charge is 2.29. The van der Waals surface area contributed by atoms with Crippen molar-refractivity contribution in [2.24, 2.45) is 0 Å². The van der Waals surface area contributed by atoms with Gasteiger partial charge in [0.05, 0.1) is 31.5 Å². The highest BCUT2D eigenvalue weighted by molar-refractivity contribution is 5.84. The predicted molar refractivity (Wildman–Crippen MR) is 96.0 cm³/mol. The molecule has 134 valence electrons. The van der Waals surface area contributed by atoms with E-state index in [1.54, 1.807) is 18.1 Å². The third-order valence-corrected chi connectivity index (χ3v) is 4.37. The molecule has 1 amide bonds. The van der Waals surface area contributed by atoms with Gasteiger partial charge in [-0.15, -0.1) is 0 Å². The zero-order chi connectivity index (χ0) is 18.1. The first kappa shape index (κ1) is 16.4. The van der Waals surface area contributed by atoms with E-state index in [-0.39, 0.29) is 5.91 Å². The predicted octanol–water partition coefficient (Wildman–Crippen LogP) is 3.54. The van der Waals surface area contributed by atoms with Gasteiger partial charge in [0, 0.05) is 10.9 Å². The molecule has 0 aliphatic carbocycles. The van der Waals surface area contributed by atoms with Crippen molar-refractivity contribution in [2.45, 2.75) is 33.0 Å². The number of carbonyl (C=O) groups excluding carboxylic acids is 1. The summed E-state index contributed by atoms with van der Waals surface area (Å²) in [7, 11) is 0. The van der Waals surface area contributed by atoms with Gasteiger partial charge in [0.25, 0.3) is 5.91 Å². The summed E-state index contributed by atoms with van der Waals surface area (Å²) < 4.78 is 16.8. The Bertz CT molecular complexity index is 936. The molecule has 0 fully saturated rings. The van der Waals surface area contributed by atoms with E-state index in [9.17, 15) is 4.79 Å². The molecule has 0 bridgehead atoms. The Morgan fingerprint density at radius 1 is 1.31 bits per heavy atom. The van der Waals surface area contributed by atoms with Crippen LogP contribution in [0.1, 0.15) is 25.2 Å². The van der Waals surface area contributed by atoms with Crippen molar-refractivity contribution in [1.82, 2.24) is 9.88 Å². The molecule has 2 aromatic heterocycles. The van der Waals surface area contributed by atoms with Crippen LogP contribution in [-0.4, -0.2) is 28.5 Å². The molecule has 1 atom stereocenters. The van der Waals surface area contributed by atoms with Crippen molar-refractivity contribution < 1.29 is 18.7 Å². The van der Waals surface area contributed by atoms with Crippen molar-refractivity contribution in [2.75, 3.05) is 6.61 Å². The van der Waals surface area contributed by atoms with Crippen LogP contribution in [0.25, 0.3) is 10.9 Å². The largest absolute Gasteiger partial charge is 0.494 e. The van der Waals surface area contributed by atoms with Gasteiger partial charge >= 0.3 is 0 Å². The average Bonchev–Trinajstić information content (AvgIpc) is 3.10. The lowest BCUT2D eigenvalue weighted by atomic mass is 10.1. The second-order valence-electron chi connectivity index (χ2n) is 6.27. The second kappa shape index (κ2) is 6.71. The summed E-state index contributed by atoms with van der Waals surface area (Å²) in [5, 5.41) is 0.957. The molecular formula is C20H20N2O4. The number of nitrogens with zero attached hydrogens (tertiary/aromatic N) is 2. The molecule has 0 saturated heterocycles. The highest BCUT2D eigenvalue weighted by Crippen LogP contribution is 2.30. The molecule has 6 heteroatoms. The Balaban J connectivity index is 1.72. The van der Waals surface area contributed by atoms with E-state index < -0.39 is 6.10 Å². The second-order valence-corrected chi connectivity index (χ2v) is 6.27. The maximum atomic E-state index is 12.7. The first-order chi connectivity index (χ1) is 12.6. The summed E-state index contributed by atoms with van der Waals surface area (Å²) >= 11 is 0. The minimum Gasteiger partial charge on any atom is -0.494 e. The molecule has 6 nitrogen and oxygen atoms in total. The summed E-state index contributed by atoms with van der Waals surface area (Å²) in [5.74, 6) is 1.96. The van der Waals surface area contributed by atoms with Gasteiger partial charge in [-0.1, -0.05) is 0 Å². The van der Waals surface area contributed by atoms with Gasteiger partial charge in [-0.05, 0) is 50.2 Å². The van der Waals surface area contributed by atoms with Crippen LogP contribution in [0.3, 0.4) is 0 Å². The van der Waals surface area contributed by atoms with Gasteiger partial charge in [-0.2, -0.15) is 0 Å². The standard InChI is InChI=1S/C20H20N2O4/c1-3-24-16-6-7-18-14(10-16)9-15-11-22(12-17-5-4-8-25-17)20(23)13(2)26-19(15)21-18/h4-10,13H,3,11-12H2,1-2H3/t13-/m1/s1. The quantitative estimate of drug-likeness (QED) is 0.719. The SMILES string of the molecule is CCOc1ccc2nc3c(cc2c1)CN(Cc1ccco1)C(=O)[C@@H](C)O3. The Kier molecular flexibility index (Phi) is 4.24. The molecular weight excluding hydrogens is 332 g/mol. The van der Waals surface area contributed by atoms with Crippen LogP contribution in [0.5, 0.6) is 11.6 Å². The molecule has 3 heterocycles. The monoisotopic (exact) mass is 352 g/mol. The van der Waals surface area contributed by atoms with Gasteiger partial charge in [-0.25, -0.2) is 4.98 Å². The molecule has 0 spiro atoms.